The average molecular weight is 414 g/mol. The van der Waals surface area contributed by atoms with Gasteiger partial charge in [0.2, 0.25) is 10.0 Å². The molecule has 0 amide bonds. The van der Waals surface area contributed by atoms with Crippen molar-refractivity contribution >= 4 is 31.7 Å². The van der Waals surface area contributed by atoms with Crippen LogP contribution in [0.3, 0.4) is 0 Å². The third-order valence-corrected chi connectivity index (χ3v) is 7.03. The number of carbonyl (C=O) groups is 1. The van der Waals surface area contributed by atoms with Gasteiger partial charge in [0.05, 0.1) is 21.0 Å². The number of hydrogen-bond acceptors (Lipinski definition) is 6. The normalized spacial score (nSPS) is 12.1. The molecule has 0 spiro atoms. The molecule has 0 fully saturated rings. The van der Waals surface area contributed by atoms with Crippen LogP contribution < -0.4 is 4.72 Å². The summed E-state index contributed by atoms with van der Waals surface area (Å²) >= 11 is 0. The van der Waals surface area contributed by atoms with Crippen molar-refractivity contribution in [2.45, 2.75) is 16.7 Å². The summed E-state index contributed by atoms with van der Waals surface area (Å²) in [5, 5.41) is 19.0. The molecule has 0 aliphatic rings. The van der Waals surface area contributed by atoms with E-state index in [1.54, 1.807) is 0 Å². The number of phenolic OH excluding ortho intramolecular Hbond substituents is 1. The maximum atomic E-state index is 12.7. The van der Waals surface area contributed by atoms with Crippen LogP contribution in [-0.4, -0.2) is 51.4 Å². The number of rotatable bonds is 6. The summed E-state index contributed by atoms with van der Waals surface area (Å²) in [6.45, 7) is 1.48. The smallest absolute Gasteiger partial charge is 0.335 e. The number of nitrogens with one attached hydrogen (secondary N) is 1. The maximum Gasteiger partial charge on any atom is 0.335 e. The van der Waals surface area contributed by atoms with E-state index in [4.69, 9.17) is 5.11 Å². The molecule has 0 bridgehead atoms. The Balaban J connectivity index is 2.53. The van der Waals surface area contributed by atoms with Crippen LogP contribution in [0.5, 0.6) is 5.75 Å². The highest BCUT2D eigenvalue weighted by molar-refractivity contribution is 7.92. The Morgan fingerprint density at radius 2 is 1.67 bits per heavy atom. The Morgan fingerprint density at radius 1 is 1.04 bits per heavy atom. The average Bonchev–Trinajstić information content (AvgIpc) is 2.56. The van der Waals surface area contributed by atoms with Crippen molar-refractivity contribution in [1.29, 1.82) is 0 Å². The van der Waals surface area contributed by atoms with Gasteiger partial charge in [-0.05, 0) is 42.8 Å². The van der Waals surface area contributed by atoms with Gasteiger partial charge in [-0.1, -0.05) is 6.07 Å². The van der Waals surface area contributed by atoms with Crippen molar-refractivity contribution in [3.8, 4) is 5.75 Å². The molecule has 27 heavy (non-hydrogen) atoms. The molecule has 0 aliphatic heterocycles. The number of phenols is 1. The molecule has 0 radical (unpaired) electrons. The number of carboxylic acids is 1. The molecule has 2 aromatic rings. The van der Waals surface area contributed by atoms with Gasteiger partial charge in [-0.15, -0.1) is 0 Å². The number of carboxylic acid groups (broad SMARTS) is 1. The first-order chi connectivity index (χ1) is 12.4. The molecule has 0 unspecified atom stereocenters. The summed E-state index contributed by atoms with van der Waals surface area (Å²) in [4.78, 5) is 10.6. The van der Waals surface area contributed by atoms with Gasteiger partial charge in [0.15, 0.2) is 0 Å². The quantitative estimate of drug-likeness (QED) is 0.608. The highest BCUT2D eigenvalue weighted by Crippen LogP contribution is 2.30. The minimum atomic E-state index is -4.29. The van der Waals surface area contributed by atoms with Gasteiger partial charge in [-0.3, -0.25) is 4.72 Å². The van der Waals surface area contributed by atoms with E-state index < -0.39 is 31.8 Å². The summed E-state index contributed by atoms with van der Waals surface area (Å²) in [5.74, 6) is -1.78. The highest BCUT2D eigenvalue weighted by Gasteiger charge is 2.23. The van der Waals surface area contributed by atoms with E-state index in [2.05, 4.69) is 4.72 Å². The van der Waals surface area contributed by atoms with Crippen LogP contribution in [0, 0.1) is 6.92 Å². The monoisotopic (exact) mass is 414 g/mol. The molecule has 0 heterocycles. The number of hydrogen-bond donors (Lipinski definition) is 3. The van der Waals surface area contributed by atoms with Gasteiger partial charge in [0.25, 0.3) is 10.0 Å². The first-order valence-corrected chi connectivity index (χ1v) is 10.4. The maximum absolute atomic E-state index is 12.7. The number of benzene rings is 2. The fraction of sp³-hybridized carbons (Fsp3) is 0.188. The van der Waals surface area contributed by atoms with Crippen LogP contribution >= 0.6 is 0 Å². The van der Waals surface area contributed by atoms with Gasteiger partial charge >= 0.3 is 5.97 Å². The molecule has 11 heteroatoms. The molecule has 9 nitrogen and oxygen atoms in total. The van der Waals surface area contributed by atoms with Gasteiger partial charge in [-0.25, -0.2) is 25.9 Å². The molecule has 0 atom stereocenters. The number of anilines is 1. The molecule has 2 aromatic carbocycles. The molecule has 0 saturated heterocycles. The van der Waals surface area contributed by atoms with Gasteiger partial charge < -0.3 is 10.2 Å². The highest BCUT2D eigenvalue weighted by atomic mass is 32.2. The van der Waals surface area contributed by atoms with E-state index in [1.165, 1.54) is 33.2 Å². The van der Waals surface area contributed by atoms with Crippen LogP contribution in [0.1, 0.15) is 15.9 Å². The zero-order valence-corrected chi connectivity index (χ0v) is 16.3. The lowest BCUT2D eigenvalue weighted by atomic mass is 10.1. The van der Waals surface area contributed by atoms with Gasteiger partial charge in [-0.2, -0.15) is 0 Å². The van der Waals surface area contributed by atoms with E-state index in [-0.39, 0.29) is 26.6 Å². The molecular weight excluding hydrogens is 396 g/mol. The summed E-state index contributed by atoms with van der Waals surface area (Å²) in [6.07, 6.45) is 0. The first-order valence-electron chi connectivity index (χ1n) is 7.48. The van der Waals surface area contributed by atoms with Crippen LogP contribution in [0.15, 0.2) is 46.2 Å². The van der Waals surface area contributed by atoms with Crippen molar-refractivity contribution in [3.63, 3.8) is 0 Å². The fourth-order valence-corrected chi connectivity index (χ4v) is 4.46. The Hall–Kier alpha value is -2.63. The molecule has 0 saturated carbocycles. The SMILES string of the molecule is Cc1ccc(C(=O)O)cc1S(=O)(=O)Nc1cc(S(=O)(=O)N(C)C)ccc1O. The minimum absolute atomic E-state index is 0.223. The fourth-order valence-electron chi connectivity index (χ4n) is 2.19. The van der Waals surface area contributed by atoms with E-state index in [1.807, 2.05) is 0 Å². The largest absolute Gasteiger partial charge is 0.506 e. The number of aromatic hydroxyl groups is 1. The van der Waals surface area contributed by atoms with Crippen molar-refractivity contribution in [3.05, 3.63) is 47.5 Å². The third kappa shape index (κ3) is 4.21. The second-order valence-corrected chi connectivity index (χ2v) is 9.66. The van der Waals surface area contributed by atoms with Gasteiger partial charge in [0, 0.05) is 14.1 Å². The predicted octanol–water partition coefficient (Wildman–Crippen LogP) is 1.45. The zero-order valence-electron chi connectivity index (χ0n) is 14.7. The van der Waals surface area contributed by atoms with E-state index in [9.17, 15) is 26.7 Å². The number of aryl methyl sites for hydroxylation is 1. The van der Waals surface area contributed by atoms with Crippen molar-refractivity contribution < 1.29 is 31.8 Å². The molecule has 2 rings (SSSR count). The molecule has 3 N–H and O–H groups in total. The van der Waals surface area contributed by atoms with Crippen LogP contribution in [0.25, 0.3) is 0 Å². The number of sulfonamides is 2. The molecular formula is C16H18N2O7S2. The lowest BCUT2D eigenvalue weighted by Crippen LogP contribution is -2.22. The lowest BCUT2D eigenvalue weighted by molar-refractivity contribution is 0.0696. The number of aromatic carboxylic acids is 1. The van der Waals surface area contributed by atoms with Crippen molar-refractivity contribution in [2.24, 2.45) is 0 Å². The van der Waals surface area contributed by atoms with Gasteiger partial charge in [0.1, 0.15) is 5.75 Å². The summed E-state index contributed by atoms with van der Waals surface area (Å²) in [6, 6.07) is 6.76. The van der Waals surface area contributed by atoms with Crippen LogP contribution in [0.2, 0.25) is 0 Å². The standard InChI is InChI=1S/C16H18N2O7S2/c1-10-4-5-11(16(20)21)8-15(10)26(22,23)17-13-9-12(6-7-14(13)19)27(24,25)18(2)3/h4-9,17,19H,1-3H3,(H,20,21). The zero-order chi connectivity index (χ0) is 20.6. The molecule has 0 aromatic heterocycles. The Labute approximate surface area is 157 Å². The summed E-state index contributed by atoms with van der Waals surface area (Å²) in [7, 11) is -5.52. The first kappa shape index (κ1) is 20.7. The Morgan fingerprint density at radius 3 is 2.22 bits per heavy atom. The Kier molecular flexibility index (Phi) is 5.50. The van der Waals surface area contributed by atoms with Crippen molar-refractivity contribution in [2.75, 3.05) is 18.8 Å². The third-order valence-electron chi connectivity index (χ3n) is 3.72. The minimum Gasteiger partial charge on any atom is -0.506 e. The molecule has 0 aliphatic carbocycles. The van der Waals surface area contributed by atoms with E-state index in [0.29, 0.717) is 0 Å². The Bertz CT molecular complexity index is 1110. The van der Waals surface area contributed by atoms with Crippen LogP contribution in [-0.2, 0) is 20.0 Å². The molecule has 146 valence electrons. The van der Waals surface area contributed by atoms with E-state index >= 15 is 0 Å². The summed E-state index contributed by atoms with van der Waals surface area (Å²) < 4.78 is 52.8. The predicted molar refractivity (Wildman–Crippen MR) is 97.9 cm³/mol. The number of nitrogens with zero attached hydrogens (tertiary/aromatic N) is 1. The summed E-state index contributed by atoms with van der Waals surface area (Å²) in [5.41, 5.74) is -0.295. The van der Waals surface area contributed by atoms with Crippen molar-refractivity contribution in [1.82, 2.24) is 4.31 Å². The second kappa shape index (κ2) is 7.18. The van der Waals surface area contributed by atoms with Crippen LogP contribution in [0.4, 0.5) is 5.69 Å². The van der Waals surface area contributed by atoms with E-state index in [0.717, 1.165) is 28.6 Å². The second-order valence-electron chi connectivity index (χ2n) is 5.86. The lowest BCUT2D eigenvalue weighted by Gasteiger charge is -2.15. The topological polar surface area (TPSA) is 141 Å².